The zero-order valence-electron chi connectivity index (χ0n) is 19.5. The Kier molecular flexibility index (Phi) is 8.15. The van der Waals surface area contributed by atoms with Gasteiger partial charge < -0.3 is 20.7 Å². The van der Waals surface area contributed by atoms with E-state index in [1.54, 1.807) is 13.2 Å². The maximum Gasteiger partial charge on any atom is 0.149 e. The topological polar surface area (TPSA) is 58.2 Å². The van der Waals surface area contributed by atoms with Crippen molar-refractivity contribution in [3.05, 3.63) is 42.3 Å². The Hall–Kier alpha value is -2.25. The molecule has 2 aromatic rings. The SMILES string of the molecule is COCCCCNC1CCC(Nc2cc(-c3cccc(NCC4(F)CC4)c3)c(F)cn2)CC1. The monoisotopic (exact) mass is 458 g/mol. The normalized spacial score (nSPS) is 21.5. The molecule has 1 aromatic heterocycles. The maximum atomic E-state index is 14.6. The number of alkyl halides is 1. The number of rotatable bonds is 12. The van der Waals surface area contributed by atoms with E-state index in [2.05, 4.69) is 20.9 Å². The minimum absolute atomic E-state index is 0.298. The molecular weight excluding hydrogens is 422 g/mol. The van der Waals surface area contributed by atoms with Crippen molar-refractivity contribution in [2.45, 2.75) is 69.1 Å². The first-order valence-electron chi connectivity index (χ1n) is 12.2. The number of hydrogen-bond donors (Lipinski definition) is 3. The van der Waals surface area contributed by atoms with Gasteiger partial charge in [0.1, 0.15) is 17.3 Å². The summed E-state index contributed by atoms with van der Waals surface area (Å²) in [6, 6.07) is 10.2. The molecule has 33 heavy (non-hydrogen) atoms. The molecule has 5 nitrogen and oxygen atoms in total. The summed E-state index contributed by atoms with van der Waals surface area (Å²) in [5, 5.41) is 10.3. The number of benzene rings is 1. The van der Waals surface area contributed by atoms with Crippen molar-refractivity contribution in [1.29, 1.82) is 0 Å². The quantitative estimate of drug-likeness (QED) is 0.365. The molecule has 2 aliphatic rings. The fourth-order valence-electron chi connectivity index (χ4n) is 4.44. The molecule has 0 aliphatic heterocycles. The van der Waals surface area contributed by atoms with Gasteiger partial charge >= 0.3 is 0 Å². The summed E-state index contributed by atoms with van der Waals surface area (Å²) >= 11 is 0. The lowest BCUT2D eigenvalue weighted by Gasteiger charge is -2.30. The van der Waals surface area contributed by atoms with Crippen LogP contribution in [-0.2, 0) is 4.74 Å². The Morgan fingerprint density at radius 2 is 1.88 bits per heavy atom. The third kappa shape index (κ3) is 7.11. The van der Waals surface area contributed by atoms with Crippen LogP contribution in [0.4, 0.5) is 20.3 Å². The lowest BCUT2D eigenvalue weighted by atomic mass is 9.91. The number of ether oxygens (including phenoxy) is 1. The van der Waals surface area contributed by atoms with E-state index >= 15 is 0 Å². The van der Waals surface area contributed by atoms with Crippen molar-refractivity contribution in [1.82, 2.24) is 10.3 Å². The van der Waals surface area contributed by atoms with E-state index < -0.39 is 5.67 Å². The molecule has 0 amide bonds. The molecule has 2 fully saturated rings. The number of hydrogen-bond acceptors (Lipinski definition) is 5. The van der Waals surface area contributed by atoms with Gasteiger partial charge in [0, 0.05) is 43.6 Å². The summed E-state index contributed by atoms with van der Waals surface area (Å²) in [7, 11) is 1.74. The highest BCUT2D eigenvalue weighted by atomic mass is 19.1. The number of nitrogens with zero attached hydrogens (tertiary/aromatic N) is 1. The zero-order valence-corrected chi connectivity index (χ0v) is 19.5. The number of halogens is 2. The molecule has 0 bridgehead atoms. The number of unbranched alkanes of at least 4 members (excludes halogenated alkanes) is 1. The van der Waals surface area contributed by atoms with E-state index in [9.17, 15) is 8.78 Å². The van der Waals surface area contributed by atoms with Crippen LogP contribution in [0.25, 0.3) is 11.1 Å². The lowest BCUT2D eigenvalue weighted by molar-refractivity contribution is 0.192. The number of nitrogens with one attached hydrogen (secondary N) is 3. The second kappa shape index (κ2) is 11.3. The number of aromatic nitrogens is 1. The molecule has 7 heteroatoms. The van der Waals surface area contributed by atoms with Crippen LogP contribution in [0.15, 0.2) is 36.5 Å². The van der Waals surface area contributed by atoms with Gasteiger partial charge in [0.2, 0.25) is 0 Å². The Bertz CT molecular complexity index is 898. The highest BCUT2D eigenvalue weighted by molar-refractivity contribution is 5.70. The molecule has 0 unspecified atom stereocenters. The van der Waals surface area contributed by atoms with Gasteiger partial charge in [-0.3, -0.25) is 0 Å². The molecular formula is C26H36F2N4O. The number of pyridine rings is 1. The van der Waals surface area contributed by atoms with E-state index in [1.165, 1.54) is 6.20 Å². The molecule has 0 atom stereocenters. The van der Waals surface area contributed by atoms with Crippen LogP contribution in [0.3, 0.4) is 0 Å². The van der Waals surface area contributed by atoms with E-state index in [0.717, 1.165) is 62.9 Å². The van der Waals surface area contributed by atoms with Crippen LogP contribution in [0.2, 0.25) is 0 Å². The van der Waals surface area contributed by atoms with Crippen molar-refractivity contribution in [3.63, 3.8) is 0 Å². The molecule has 0 spiro atoms. The zero-order chi connectivity index (χ0) is 23.1. The average molecular weight is 459 g/mol. The molecule has 4 rings (SSSR count). The van der Waals surface area contributed by atoms with E-state index in [0.29, 0.717) is 42.9 Å². The standard InChI is InChI=1S/C26H36F2N4O/c1-33-14-3-2-13-29-20-7-9-21(10-8-20)32-25-16-23(24(27)17-30-25)19-5-4-6-22(15-19)31-18-26(28)11-12-26/h4-6,15-17,20-21,29,31H,2-3,7-14,18H2,1H3,(H,30,32). The van der Waals surface area contributed by atoms with Crippen molar-refractivity contribution in [2.24, 2.45) is 0 Å². The molecule has 2 saturated carbocycles. The Labute approximate surface area is 195 Å². The summed E-state index contributed by atoms with van der Waals surface area (Å²) < 4.78 is 33.6. The second-order valence-electron chi connectivity index (χ2n) is 9.48. The van der Waals surface area contributed by atoms with E-state index in [1.807, 2.05) is 24.3 Å². The Morgan fingerprint density at radius 3 is 2.64 bits per heavy atom. The van der Waals surface area contributed by atoms with Crippen molar-refractivity contribution < 1.29 is 13.5 Å². The van der Waals surface area contributed by atoms with Gasteiger partial charge in [0.15, 0.2) is 0 Å². The first kappa shape index (κ1) is 23.9. The summed E-state index contributed by atoms with van der Waals surface area (Å²) in [6.45, 7) is 2.16. The smallest absolute Gasteiger partial charge is 0.149 e. The Morgan fingerprint density at radius 1 is 1.09 bits per heavy atom. The first-order chi connectivity index (χ1) is 16.0. The highest BCUT2D eigenvalue weighted by Gasteiger charge is 2.42. The third-order valence-corrected chi connectivity index (χ3v) is 6.72. The van der Waals surface area contributed by atoms with Gasteiger partial charge in [0.25, 0.3) is 0 Å². The summed E-state index contributed by atoms with van der Waals surface area (Å²) in [4.78, 5) is 4.28. The van der Waals surface area contributed by atoms with Gasteiger partial charge in [-0.25, -0.2) is 13.8 Å². The van der Waals surface area contributed by atoms with Crippen LogP contribution >= 0.6 is 0 Å². The highest BCUT2D eigenvalue weighted by Crippen LogP contribution is 2.39. The van der Waals surface area contributed by atoms with Crippen LogP contribution in [-0.4, -0.2) is 49.5 Å². The van der Waals surface area contributed by atoms with Crippen LogP contribution in [0.1, 0.15) is 51.4 Å². The van der Waals surface area contributed by atoms with E-state index in [-0.39, 0.29) is 5.82 Å². The van der Waals surface area contributed by atoms with Gasteiger partial charge in [0.05, 0.1) is 6.20 Å². The van der Waals surface area contributed by atoms with Gasteiger partial charge in [-0.05, 0) is 81.7 Å². The minimum atomic E-state index is -1.08. The van der Waals surface area contributed by atoms with Gasteiger partial charge in [-0.1, -0.05) is 12.1 Å². The summed E-state index contributed by atoms with van der Waals surface area (Å²) in [5.74, 6) is 0.338. The van der Waals surface area contributed by atoms with Crippen molar-refractivity contribution >= 4 is 11.5 Å². The average Bonchev–Trinajstić information content (AvgIpc) is 3.57. The number of methoxy groups -OCH3 is 1. The van der Waals surface area contributed by atoms with E-state index in [4.69, 9.17) is 4.74 Å². The van der Waals surface area contributed by atoms with Crippen molar-refractivity contribution in [2.75, 3.05) is 37.4 Å². The molecule has 0 radical (unpaired) electrons. The van der Waals surface area contributed by atoms with Gasteiger partial charge in [-0.15, -0.1) is 0 Å². The molecule has 1 heterocycles. The fraction of sp³-hybridized carbons (Fsp3) is 0.577. The molecule has 3 N–H and O–H groups in total. The van der Waals surface area contributed by atoms with Gasteiger partial charge in [-0.2, -0.15) is 0 Å². The summed E-state index contributed by atoms with van der Waals surface area (Å²) in [6.07, 6.45) is 9.11. The van der Waals surface area contributed by atoms with Crippen LogP contribution in [0.5, 0.6) is 0 Å². The largest absolute Gasteiger partial charge is 0.385 e. The fourth-order valence-corrected chi connectivity index (χ4v) is 4.44. The van der Waals surface area contributed by atoms with Crippen molar-refractivity contribution in [3.8, 4) is 11.1 Å². The molecule has 180 valence electrons. The van der Waals surface area contributed by atoms with Crippen LogP contribution < -0.4 is 16.0 Å². The maximum absolute atomic E-state index is 14.6. The Balaban J connectivity index is 1.30. The minimum Gasteiger partial charge on any atom is -0.385 e. The molecule has 0 saturated heterocycles. The summed E-state index contributed by atoms with van der Waals surface area (Å²) in [5.41, 5.74) is 0.986. The third-order valence-electron chi connectivity index (χ3n) is 6.72. The predicted octanol–water partition coefficient (Wildman–Crippen LogP) is 5.54. The predicted molar refractivity (Wildman–Crippen MR) is 130 cm³/mol. The molecule has 2 aliphatic carbocycles. The second-order valence-corrected chi connectivity index (χ2v) is 9.48. The number of anilines is 2. The first-order valence-corrected chi connectivity index (χ1v) is 12.2. The van der Waals surface area contributed by atoms with Crippen LogP contribution in [0, 0.1) is 5.82 Å². The lowest BCUT2D eigenvalue weighted by Crippen LogP contribution is -2.37. The molecule has 1 aromatic carbocycles.